The van der Waals surface area contributed by atoms with Gasteiger partial charge in [0.1, 0.15) is 12.4 Å². The molecule has 8 heteroatoms. The summed E-state index contributed by atoms with van der Waals surface area (Å²) in [6, 6.07) is 9.13. The van der Waals surface area contributed by atoms with Gasteiger partial charge < -0.3 is 24.4 Å². The Labute approximate surface area is 170 Å². The van der Waals surface area contributed by atoms with Crippen LogP contribution in [0.4, 0.5) is 14.9 Å². The summed E-state index contributed by atoms with van der Waals surface area (Å²) in [5, 5.41) is 2.50. The first kappa shape index (κ1) is 22.2. The zero-order chi connectivity index (χ0) is 21.2. The number of aromatic nitrogens is 1. The molecule has 0 spiro atoms. The molecule has 156 valence electrons. The van der Waals surface area contributed by atoms with Crippen molar-refractivity contribution in [1.29, 1.82) is 0 Å². The summed E-state index contributed by atoms with van der Waals surface area (Å²) in [5.74, 6) is -0.787. The Morgan fingerprint density at radius 2 is 2.00 bits per heavy atom. The Hall–Kier alpha value is -3.13. The first-order chi connectivity index (χ1) is 14.0. The lowest BCUT2D eigenvalue weighted by molar-refractivity contribution is -0.133. The van der Waals surface area contributed by atoms with Crippen molar-refractivity contribution in [3.05, 3.63) is 66.8 Å². The van der Waals surface area contributed by atoms with E-state index in [0.29, 0.717) is 19.7 Å². The van der Waals surface area contributed by atoms with Crippen LogP contribution in [0.1, 0.15) is 5.69 Å². The smallest absolute Gasteiger partial charge is 0.322 e. The van der Waals surface area contributed by atoms with Gasteiger partial charge in [0.2, 0.25) is 5.91 Å². The fraction of sp³-hybridized carbons (Fsp3) is 0.333. The number of aryl methyl sites for hydroxylation is 1. The van der Waals surface area contributed by atoms with Crippen molar-refractivity contribution in [2.24, 2.45) is 7.05 Å². The second-order valence-corrected chi connectivity index (χ2v) is 6.50. The fourth-order valence-corrected chi connectivity index (χ4v) is 2.74. The molecule has 0 unspecified atom stereocenters. The van der Waals surface area contributed by atoms with E-state index in [0.717, 1.165) is 5.69 Å². The van der Waals surface area contributed by atoms with Crippen molar-refractivity contribution in [3.8, 4) is 0 Å². The number of anilines is 1. The first-order valence-electron chi connectivity index (χ1n) is 9.24. The number of amides is 3. The average molecular weight is 402 g/mol. The number of rotatable bonds is 10. The molecule has 1 aromatic carbocycles. The summed E-state index contributed by atoms with van der Waals surface area (Å²) in [7, 11) is 3.47. The van der Waals surface area contributed by atoms with Gasteiger partial charge >= 0.3 is 6.03 Å². The summed E-state index contributed by atoms with van der Waals surface area (Å²) in [5.41, 5.74) is 1.01. The Bertz CT molecular complexity index is 837. The van der Waals surface area contributed by atoms with Gasteiger partial charge in [-0.25, -0.2) is 9.18 Å². The Balaban J connectivity index is 2.09. The van der Waals surface area contributed by atoms with E-state index in [-0.39, 0.29) is 24.7 Å². The zero-order valence-electron chi connectivity index (χ0n) is 16.8. The monoisotopic (exact) mass is 402 g/mol. The SMILES string of the molecule is C=CCN(CC(=O)N(CCOC)Cc1cccn1C)C(=O)Nc1ccccc1F. The van der Waals surface area contributed by atoms with Crippen LogP contribution in [0, 0.1) is 5.82 Å². The molecule has 0 aliphatic carbocycles. The van der Waals surface area contributed by atoms with Gasteiger partial charge in [-0.3, -0.25) is 4.79 Å². The van der Waals surface area contributed by atoms with Gasteiger partial charge in [-0.2, -0.15) is 0 Å². The van der Waals surface area contributed by atoms with Gasteiger partial charge in [0.15, 0.2) is 0 Å². The molecule has 1 N–H and O–H groups in total. The molecule has 1 heterocycles. The van der Waals surface area contributed by atoms with Crippen LogP contribution in [0.25, 0.3) is 0 Å². The van der Waals surface area contributed by atoms with Crippen molar-refractivity contribution in [3.63, 3.8) is 0 Å². The predicted molar refractivity (Wildman–Crippen MR) is 110 cm³/mol. The zero-order valence-corrected chi connectivity index (χ0v) is 16.8. The maximum absolute atomic E-state index is 13.8. The van der Waals surface area contributed by atoms with E-state index in [1.165, 1.54) is 29.2 Å². The molecule has 0 atom stereocenters. The number of halogens is 1. The van der Waals surface area contributed by atoms with Crippen LogP contribution in [-0.4, -0.2) is 59.7 Å². The number of nitrogens with one attached hydrogen (secondary N) is 1. The minimum Gasteiger partial charge on any atom is -0.383 e. The van der Waals surface area contributed by atoms with Crippen molar-refractivity contribution in [2.75, 3.05) is 38.7 Å². The van der Waals surface area contributed by atoms with Gasteiger partial charge in [0.25, 0.3) is 0 Å². The van der Waals surface area contributed by atoms with Crippen molar-refractivity contribution >= 4 is 17.6 Å². The average Bonchev–Trinajstić information content (AvgIpc) is 3.10. The summed E-state index contributed by atoms with van der Waals surface area (Å²) in [4.78, 5) is 28.4. The molecule has 2 aromatic rings. The molecule has 0 aliphatic rings. The minimum absolute atomic E-state index is 0.0547. The quantitative estimate of drug-likeness (QED) is 0.622. The molecule has 3 amide bonds. The lowest BCUT2D eigenvalue weighted by atomic mass is 10.3. The summed E-state index contributed by atoms with van der Waals surface area (Å²) >= 11 is 0. The van der Waals surface area contributed by atoms with Gasteiger partial charge in [0.05, 0.1) is 18.8 Å². The Morgan fingerprint density at radius 1 is 1.24 bits per heavy atom. The molecule has 0 saturated carbocycles. The number of benzene rings is 1. The third-order valence-electron chi connectivity index (χ3n) is 4.40. The Kier molecular flexibility index (Phi) is 8.42. The van der Waals surface area contributed by atoms with Crippen molar-refractivity contribution in [2.45, 2.75) is 6.54 Å². The molecular weight excluding hydrogens is 375 g/mol. The molecule has 1 aromatic heterocycles. The summed E-state index contributed by atoms with van der Waals surface area (Å²) in [6.07, 6.45) is 3.42. The lowest BCUT2D eigenvalue weighted by Crippen LogP contribution is -2.45. The van der Waals surface area contributed by atoms with Crippen LogP contribution >= 0.6 is 0 Å². The molecule has 29 heavy (non-hydrogen) atoms. The third-order valence-corrected chi connectivity index (χ3v) is 4.40. The minimum atomic E-state index is -0.575. The van der Waals surface area contributed by atoms with Gasteiger partial charge in [-0.05, 0) is 24.3 Å². The predicted octanol–water partition coefficient (Wildman–Crippen LogP) is 2.86. The number of nitrogens with zero attached hydrogens (tertiary/aromatic N) is 3. The van der Waals surface area contributed by atoms with Crippen LogP contribution in [0.5, 0.6) is 0 Å². The third kappa shape index (κ3) is 6.46. The van der Waals surface area contributed by atoms with E-state index in [1.54, 1.807) is 18.1 Å². The standard InChI is InChI=1S/C21H27FN4O3/c1-4-11-26(21(28)23-19-10-6-5-9-18(19)22)16-20(27)25(13-14-29-3)15-17-8-7-12-24(17)2/h4-10,12H,1,11,13-16H2,2-3H3,(H,23,28). The number of para-hydroxylation sites is 1. The van der Waals surface area contributed by atoms with Crippen LogP contribution in [0.2, 0.25) is 0 Å². The second kappa shape index (κ2) is 11.0. The molecule has 0 aliphatic heterocycles. The summed E-state index contributed by atoms with van der Waals surface area (Å²) < 4.78 is 20.9. The highest BCUT2D eigenvalue weighted by Crippen LogP contribution is 2.13. The number of carbonyl (C=O) groups excluding carboxylic acids is 2. The fourth-order valence-electron chi connectivity index (χ4n) is 2.74. The maximum Gasteiger partial charge on any atom is 0.322 e. The highest BCUT2D eigenvalue weighted by atomic mass is 19.1. The van der Waals surface area contributed by atoms with Crippen LogP contribution < -0.4 is 5.32 Å². The number of methoxy groups -OCH3 is 1. The van der Waals surface area contributed by atoms with Crippen molar-refractivity contribution < 1.29 is 18.7 Å². The van der Waals surface area contributed by atoms with E-state index < -0.39 is 11.8 Å². The largest absolute Gasteiger partial charge is 0.383 e. The molecule has 7 nitrogen and oxygen atoms in total. The first-order valence-corrected chi connectivity index (χ1v) is 9.24. The number of urea groups is 1. The number of carbonyl (C=O) groups is 2. The normalized spacial score (nSPS) is 10.4. The van der Waals surface area contributed by atoms with Gasteiger partial charge in [-0.1, -0.05) is 18.2 Å². The molecule has 0 saturated heterocycles. The van der Waals surface area contributed by atoms with Gasteiger partial charge in [-0.15, -0.1) is 6.58 Å². The summed E-state index contributed by atoms with van der Waals surface area (Å²) in [6.45, 7) is 4.77. The van der Waals surface area contributed by atoms with E-state index >= 15 is 0 Å². The highest BCUT2D eigenvalue weighted by molar-refractivity contribution is 5.92. The lowest BCUT2D eigenvalue weighted by Gasteiger charge is -2.27. The van der Waals surface area contributed by atoms with Gasteiger partial charge in [0, 0.05) is 39.1 Å². The van der Waals surface area contributed by atoms with Crippen LogP contribution in [0.15, 0.2) is 55.3 Å². The molecule has 0 fully saturated rings. The number of hydrogen-bond donors (Lipinski definition) is 1. The number of ether oxygens (including phenoxy) is 1. The topological polar surface area (TPSA) is 66.8 Å². The van der Waals surface area contributed by atoms with E-state index in [9.17, 15) is 14.0 Å². The molecular formula is C21H27FN4O3. The Morgan fingerprint density at radius 3 is 2.62 bits per heavy atom. The van der Waals surface area contributed by atoms with E-state index in [2.05, 4.69) is 11.9 Å². The second-order valence-electron chi connectivity index (χ2n) is 6.50. The van der Waals surface area contributed by atoms with E-state index in [4.69, 9.17) is 4.74 Å². The van der Waals surface area contributed by atoms with E-state index in [1.807, 2.05) is 29.9 Å². The van der Waals surface area contributed by atoms with Crippen LogP contribution in [0.3, 0.4) is 0 Å². The molecule has 0 radical (unpaired) electrons. The number of hydrogen-bond acceptors (Lipinski definition) is 3. The maximum atomic E-state index is 13.8. The molecule has 2 rings (SSSR count). The highest BCUT2D eigenvalue weighted by Gasteiger charge is 2.22. The van der Waals surface area contributed by atoms with Crippen LogP contribution in [-0.2, 0) is 23.1 Å². The van der Waals surface area contributed by atoms with Crippen molar-refractivity contribution in [1.82, 2.24) is 14.4 Å². The molecule has 0 bridgehead atoms.